The van der Waals surface area contributed by atoms with Crippen molar-refractivity contribution in [3.8, 4) is 17.2 Å². The molecule has 0 saturated carbocycles. The predicted molar refractivity (Wildman–Crippen MR) is 147 cm³/mol. The summed E-state index contributed by atoms with van der Waals surface area (Å²) in [7, 11) is 1.63. The first-order chi connectivity index (χ1) is 18.2. The Balaban J connectivity index is 1.33. The van der Waals surface area contributed by atoms with Crippen LogP contribution < -0.4 is 14.2 Å². The van der Waals surface area contributed by atoms with Crippen molar-refractivity contribution in [3.05, 3.63) is 70.3 Å². The monoisotopic (exact) mass is 543 g/mol. The van der Waals surface area contributed by atoms with Crippen LogP contribution in [0.5, 0.6) is 17.2 Å². The van der Waals surface area contributed by atoms with Gasteiger partial charge in [0.05, 0.1) is 19.8 Å². The largest absolute Gasteiger partial charge is 0.493 e. The summed E-state index contributed by atoms with van der Waals surface area (Å²) in [6.45, 7) is 8.77. The van der Waals surface area contributed by atoms with Gasteiger partial charge < -0.3 is 29.0 Å². The molecule has 1 aromatic heterocycles. The van der Waals surface area contributed by atoms with Gasteiger partial charge in [-0.2, -0.15) is 0 Å². The van der Waals surface area contributed by atoms with Gasteiger partial charge in [-0.05, 0) is 74.6 Å². The molecule has 1 aliphatic rings. The van der Waals surface area contributed by atoms with Crippen molar-refractivity contribution < 1.29 is 24.4 Å². The molecule has 0 aliphatic carbocycles. The topological polar surface area (TPSA) is 89.2 Å². The molecule has 1 saturated heterocycles. The molecule has 0 bridgehead atoms. The number of benzene rings is 2. The molecule has 2 N–H and O–H groups in total. The van der Waals surface area contributed by atoms with E-state index in [1.807, 2.05) is 57.3 Å². The summed E-state index contributed by atoms with van der Waals surface area (Å²) in [6.07, 6.45) is 4.21. The molecule has 9 heteroatoms. The fraction of sp³-hybridized carbons (Fsp3) is 0.483. The van der Waals surface area contributed by atoms with Gasteiger partial charge in [0.15, 0.2) is 11.5 Å². The maximum absolute atomic E-state index is 11.3. The quantitative estimate of drug-likeness (QED) is 0.348. The van der Waals surface area contributed by atoms with Gasteiger partial charge in [-0.15, -0.1) is 0 Å². The minimum Gasteiger partial charge on any atom is -0.493 e. The fourth-order valence-corrected chi connectivity index (χ4v) is 4.97. The van der Waals surface area contributed by atoms with Crippen LogP contribution in [0.25, 0.3) is 0 Å². The number of ether oxygens (including phenoxy) is 3. The number of imidazole rings is 1. The van der Waals surface area contributed by atoms with E-state index in [0.29, 0.717) is 48.4 Å². The highest BCUT2D eigenvalue weighted by atomic mass is 35.5. The number of halogens is 1. The SMILES string of the molecule is COc1cc(CN2CC[C@H](O)[C@@](O)(COc3cc(C)c(Cl)c(C)c3)C2)ccc1OCCCn1ccnc1C. The second-order valence-electron chi connectivity index (χ2n) is 10.1. The summed E-state index contributed by atoms with van der Waals surface area (Å²) in [6, 6.07) is 9.60. The van der Waals surface area contributed by atoms with E-state index in [1.165, 1.54) is 0 Å². The zero-order valence-electron chi connectivity index (χ0n) is 22.6. The Hall–Kier alpha value is -2.78. The molecule has 0 amide bonds. The Kier molecular flexibility index (Phi) is 9.20. The lowest BCUT2D eigenvalue weighted by Gasteiger charge is -2.42. The summed E-state index contributed by atoms with van der Waals surface area (Å²) < 4.78 is 19.6. The predicted octanol–water partition coefficient (Wildman–Crippen LogP) is 4.32. The van der Waals surface area contributed by atoms with Crippen LogP contribution in [-0.4, -0.2) is 69.8 Å². The smallest absolute Gasteiger partial charge is 0.161 e. The van der Waals surface area contributed by atoms with Crippen molar-refractivity contribution >= 4 is 11.6 Å². The average molecular weight is 544 g/mol. The molecule has 38 heavy (non-hydrogen) atoms. The summed E-state index contributed by atoms with van der Waals surface area (Å²) in [5.41, 5.74) is 1.47. The highest BCUT2D eigenvalue weighted by molar-refractivity contribution is 6.32. The van der Waals surface area contributed by atoms with Gasteiger partial charge in [-0.1, -0.05) is 17.7 Å². The first kappa shape index (κ1) is 28.2. The molecule has 0 unspecified atom stereocenters. The Morgan fingerprint density at radius 2 is 1.87 bits per heavy atom. The van der Waals surface area contributed by atoms with Crippen molar-refractivity contribution in [1.29, 1.82) is 0 Å². The number of hydrogen-bond acceptors (Lipinski definition) is 7. The summed E-state index contributed by atoms with van der Waals surface area (Å²) in [5, 5.41) is 22.6. The van der Waals surface area contributed by atoms with Crippen LogP contribution >= 0.6 is 11.6 Å². The van der Waals surface area contributed by atoms with Crippen LogP contribution in [-0.2, 0) is 13.1 Å². The summed E-state index contributed by atoms with van der Waals surface area (Å²) >= 11 is 6.26. The van der Waals surface area contributed by atoms with Crippen LogP contribution in [0, 0.1) is 20.8 Å². The van der Waals surface area contributed by atoms with E-state index in [4.69, 9.17) is 25.8 Å². The molecule has 3 aromatic rings. The number of aliphatic hydroxyl groups is 2. The lowest BCUT2D eigenvalue weighted by atomic mass is 9.90. The number of hydrogen-bond donors (Lipinski definition) is 2. The highest BCUT2D eigenvalue weighted by Crippen LogP contribution is 2.31. The Labute approximate surface area is 229 Å². The van der Waals surface area contributed by atoms with Gasteiger partial charge in [0.1, 0.15) is 23.8 Å². The van der Waals surface area contributed by atoms with E-state index in [0.717, 1.165) is 35.5 Å². The third-order valence-electron chi connectivity index (χ3n) is 7.09. The van der Waals surface area contributed by atoms with Crippen molar-refractivity contribution in [2.45, 2.75) is 58.4 Å². The number of piperidine rings is 1. The molecule has 0 radical (unpaired) electrons. The maximum atomic E-state index is 11.3. The zero-order chi connectivity index (χ0) is 27.3. The second kappa shape index (κ2) is 12.4. The standard InChI is InChI=1S/C29H38ClN3O5/c1-20-14-24(15-21(2)28(20)30)38-19-29(35)18-32(11-8-27(29)34)17-23-6-7-25(26(16-23)36-4)37-13-5-10-33-12-9-31-22(33)3/h6-7,9,12,14-16,27,34-35H,5,8,10-11,13,17-19H2,1-4H3/t27-,29-/m0/s1. The molecule has 8 nitrogen and oxygen atoms in total. The number of aromatic nitrogens is 2. The third kappa shape index (κ3) is 6.80. The van der Waals surface area contributed by atoms with Gasteiger partial charge in [0.2, 0.25) is 0 Å². The van der Waals surface area contributed by atoms with E-state index < -0.39 is 11.7 Å². The van der Waals surface area contributed by atoms with Crippen molar-refractivity contribution in [2.75, 3.05) is 33.4 Å². The van der Waals surface area contributed by atoms with E-state index >= 15 is 0 Å². The molecule has 2 heterocycles. The normalized spacial score (nSPS) is 19.9. The first-order valence-corrected chi connectivity index (χ1v) is 13.4. The van der Waals surface area contributed by atoms with Gasteiger partial charge in [0.25, 0.3) is 0 Å². The zero-order valence-corrected chi connectivity index (χ0v) is 23.4. The lowest BCUT2D eigenvalue weighted by molar-refractivity contribution is -0.140. The van der Waals surface area contributed by atoms with Crippen LogP contribution in [0.1, 0.15) is 35.4 Å². The molecule has 2 aromatic carbocycles. The molecule has 2 atom stereocenters. The van der Waals surface area contributed by atoms with Gasteiger partial charge in [-0.3, -0.25) is 4.90 Å². The number of rotatable bonds is 11. The van der Waals surface area contributed by atoms with Crippen LogP contribution in [0.2, 0.25) is 5.02 Å². The fourth-order valence-electron chi connectivity index (χ4n) is 4.86. The second-order valence-corrected chi connectivity index (χ2v) is 10.5. The van der Waals surface area contributed by atoms with Gasteiger partial charge >= 0.3 is 0 Å². The Morgan fingerprint density at radius 3 is 2.55 bits per heavy atom. The lowest BCUT2D eigenvalue weighted by Crippen LogP contribution is -2.59. The van der Waals surface area contributed by atoms with Crippen molar-refractivity contribution in [2.24, 2.45) is 0 Å². The van der Waals surface area contributed by atoms with E-state index in [9.17, 15) is 10.2 Å². The number of β-amino-alcohol motifs (C(OH)–C–C–N with tert-alkyl or cyclic N) is 1. The van der Waals surface area contributed by atoms with Crippen LogP contribution in [0.4, 0.5) is 0 Å². The minimum atomic E-state index is -1.39. The summed E-state index contributed by atoms with van der Waals surface area (Å²) in [5.74, 6) is 2.99. The molecule has 206 valence electrons. The van der Waals surface area contributed by atoms with Crippen molar-refractivity contribution in [1.82, 2.24) is 14.5 Å². The van der Waals surface area contributed by atoms with Gasteiger partial charge in [-0.25, -0.2) is 4.98 Å². The number of aryl methyl sites for hydroxylation is 4. The molecule has 0 spiro atoms. The molecule has 4 rings (SSSR count). The Bertz CT molecular complexity index is 1210. The number of methoxy groups -OCH3 is 1. The van der Waals surface area contributed by atoms with Crippen molar-refractivity contribution in [3.63, 3.8) is 0 Å². The Morgan fingerprint density at radius 1 is 1.11 bits per heavy atom. The maximum Gasteiger partial charge on any atom is 0.161 e. The molecular weight excluding hydrogens is 506 g/mol. The number of likely N-dealkylation sites (tertiary alicyclic amines) is 1. The van der Waals surface area contributed by atoms with Gasteiger partial charge in [0, 0.05) is 43.6 Å². The highest BCUT2D eigenvalue weighted by Gasteiger charge is 2.42. The number of aliphatic hydroxyl groups excluding tert-OH is 1. The summed E-state index contributed by atoms with van der Waals surface area (Å²) in [4.78, 5) is 6.36. The van der Waals surface area contributed by atoms with E-state index in [2.05, 4.69) is 14.5 Å². The minimum absolute atomic E-state index is 0.0140. The van der Waals surface area contributed by atoms with Crippen LogP contribution in [0.15, 0.2) is 42.7 Å². The number of nitrogens with zero attached hydrogens (tertiary/aromatic N) is 3. The van der Waals surface area contributed by atoms with E-state index in [-0.39, 0.29) is 13.2 Å². The van der Waals surface area contributed by atoms with E-state index in [1.54, 1.807) is 13.3 Å². The van der Waals surface area contributed by atoms with Crippen LogP contribution in [0.3, 0.4) is 0 Å². The average Bonchev–Trinajstić information content (AvgIpc) is 3.31. The first-order valence-electron chi connectivity index (χ1n) is 13.0. The molecular formula is C29H38ClN3O5. The molecule has 1 fully saturated rings. The molecule has 1 aliphatic heterocycles. The third-order valence-corrected chi connectivity index (χ3v) is 7.69.